The fraction of sp³-hybridized carbons (Fsp3) is 0.562. The first kappa shape index (κ1) is 14.7. The Balaban J connectivity index is 2.80. The minimum atomic E-state index is -0.291. The summed E-state index contributed by atoms with van der Waals surface area (Å²) in [6.45, 7) is 11.9. The summed E-state index contributed by atoms with van der Waals surface area (Å²) in [4.78, 5) is 12.0. The second-order valence-corrected chi connectivity index (χ2v) is 6.71. The zero-order valence-electron chi connectivity index (χ0n) is 12.3. The van der Waals surface area contributed by atoms with Crippen LogP contribution in [0.2, 0.25) is 0 Å². The Bertz CT molecular complexity index is 419. The lowest BCUT2D eigenvalue weighted by Gasteiger charge is -2.22. The minimum Gasteiger partial charge on any atom is -0.488 e. The number of carbonyl (C=O) groups is 1. The van der Waals surface area contributed by atoms with Gasteiger partial charge in [-0.05, 0) is 38.5 Å². The molecule has 18 heavy (non-hydrogen) atoms. The highest BCUT2D eigenvalue weighted by atomic mass is 16.5. The van der Waals surface area contributed by atoms with Crippen LogP contribution in [0, 0.1) is 5.41 Å². The van der Waals surface area contributed by atoms with Gasteiger partial charge in [0, 0.05) is 11.8 Å². The van der Waals surface area contributed by atoms with Crippen LogP contribution in [0.15, 0.2) is 24.3 Å². The zero-order chi connectivity index (χ0) is 14.0. The van der Waals surface area contributed by atoms with Crippen LogP contribution in [0.1, 0.15) is 47.1 Å². The van der Waals surface area contributed by atoms with Crippen molar-refractivity contribution in [3.63, 3.8) is 0 Å². The third-order valence-corrected chi connectivity index (χ3v) is 2.52. The summed E-state index contributed by atoms with van der Waals surface area (Å²) in [6, 6.07) is 7.79. The second-order valence-electron chi connectivity index (χ2n) is 6.71. The van der Waals surface area contributed by atoms with E-state index in [2.05, 4.69) is 0 Å². The van der Waals surface area contributed by atoms with Crippen LogP contribution in [-0.2, 0) is 11.2 Å². The van der Waals surface area contributed by atoms with Gasteiger partial charge in [-0.2, -0.15) is 0 Å². The molecule has 0 amide bonds. The van der Waals surface area contributed by atoms with E-state index < -0.39 is 0 Å². The summed E-state index contributed by atoms with van der Waals surface area (Å²) in [7, 11) is 0. The van der Waals surface area contributed by atoms with Gasteiger partial charge in [0.2, 0.25) is 0 Å². The van der Waals surface area contributed by atoms with Crippen molar-refractivity contribution >= 4 is 5.78 Å². The number of carbonyl (C=O) groups excluding carboxylic acids is 1. The van der Waals surface area contributed by atoms with Crippen molar-refractivity contribution in [2.75, 3.05) is 0 Å². The third kappa shape index (κ3) is 4.91. The summed E-state index contributed by atoms with van der Waals surface area (Å²) < 4.78 is 5.80. The zero-order valence-corrected chi connectivity index (χ0v) is 12.3. The molecule has 0 unspecified atom stereocenters. The Morgan fingerprint density at radius 3 is 2.22 bits per heavy atom. The fourth-order valence-electron chi connectivity index (χ4n) is 1.52. The lowest BCUT2D eigenvalue weighted by Crippen LogP contribution is -2.23. The summed E-state index contributed by atoms with van der Waals surface area (Å²) in [5.74, 6) is 1.07. The quantitative estimate of drug-likeness (QED) is 0.807. The Morgan fingerprint density at radius 1 is 1.11 bits per heavy atom. The average molecular weight is 248 g/mol. The largest absolute Gasteiger partial charge is 0.488 e. The van der Waals surface area contributed by atoms with Gasteiger partial charge in [0.1, 0.15) is 17.1 Å². The van der Waals surface area contributed by atoms with Gasteiger partial charge >= 0.3 is 0 Å². The molecule has 0 spiro atoms. The molecule has 1 aromatic carbocycles. The number of rotatable bonds is 3. The van der Waals surface area contributed by atoms with Crippen LogP contribution in [0.5, 0.6) is 5.75 Å². The fourth-order valence-corrected chi connectivity index (χ4v) is 1.52. The molecular weight excluding hydrogens is 224 g/mol. The smallest absolute Gasteiger partial charge is 0.142 e. The van der Waals surface area contributed by atoms with Crippen LogP contribution >= 0.6 is 0 Å². The molecule has 2 heteroatoms. The topological polar surface area (TPSA) is 26.3 Å². The van der Waals surface area contributed by atoms with Crippen molar-refractivity contribution < 1.29 is 9.53 Å². The van der Waals surface area contributed by atoms with Crippen LogP contribution in [0.4, 0.5) is 0 Å². The molecule has 0 atom stereocenters. The van der Waals surface area contributed by atoms with Crippen LogP contribution in [0.3, 0.4) is 0 Å². The van der Waals surface area contributed by atoms with Gasteiger partial charge in [0.25, 0.3) is 0 Å². The maximum absolute atomic E-state index is 12.0. The van der Waals surface area contributed by atoms with Gasteiger partial charge in [0.15, 0.2) is 0 Å². The van der Waals surface area contributed by atoms with E-state index in [1.165, 1.54) is 0 Å². The predicted octanol–water partition coefficient (Wildman–Crippen LogP) is 4.02. The molecule has 0 bridgehead atoms. The van der Waals surface area contributed by atoms with Crippen LogP contribution in [-0.4, -0.2) is 11.4 Å². The SMILES string of the molecule is CC(C)(C)Oc1cccc(CC(=O)C(C)(C)C)c1. The highest BCUT2D eigenvalue weighted by Gasteiger charge is 2.21. The molecule has 1 rings (SSSR count). The van der Waals surface area contributed by atoms with Gasteiger partial charge in [0.05, 0.1) is 0 Å². The molecule has 0 fully saturated rings. The molecule has 100 valence electrons. The summed E-state index contributed by atoms with van der Waals surface area (Å²) in [5.41, 5.74) is 0.504. The normalized spacial score (nSPS) is 12.3. The number of ketones is 1. The number of benzene rings is 1. The average Bonchev–Trinajstić information content (AvgIpc) is 2.13. The van der Waals surface area contributed by atoms with Gasteiger partial charge < -0.3 is 4.74 Å². The number of Topliss-reactive ketones (excluding diaryl/α,β-unsaturated/α-hetero) is 1. The molecule has 0 N–H and O–H groups in total. The first-order chi connectivity index (χ1) is 8.08. The monoisotopic (exact) mass is 248 g/mol. The molecule has 2 nitrogen and oxygen atoms in total. The van der Waals surface area contributed by atoms with E-state index >= 15 is 0 Å². The third-order valence-electron chi connectivity index (χ3n) is 2.52. The molecule has 0 aliphatic carbocycles. The van der Waals surface area contributed by atoms with Gasteiger partial charge in [-0.1, -0.05) is 32.9 Å². The molecule has 0 heterocycles. The Labute approximate surface area is 110 Å². The van der Waals surface area contributed by atoms with Gasteiger partial charge in [-0.25, -0.2) is 0 Å². The van der Waals surface area contributed by atoms with Crippen LogP contribution < -0.4 is 4.74 Å². The lowest BCUT2D eigenvalue weighted by molar-refractivity contribution is -0.125. The Kier molecular flexibility index (Phi) is 4.20. The van der Waals surface area contributed by atoms with Crippen molar-refractivity contribution in [3.8, 4) is 5.75 Å². The minimum absolute atomic E-state index is 0.216. The van der Waals surface area contributed by atoms with E-state index in [-0.39, 0.29) is 16.8 Å². The molecule has 0 aromatic heterocycles. The van der Waals surface area contributed by atoms with Crippen molar-refractivity contribution in [2.45, 2.75) is 53.6 Å². The highest BCUT2D eigenvalue weighted by Crippen LogP contribution is 2.22. The van der Waals surface area contributed by atoms with Crippen molar-refractivity contribution in [1.82, 2.24) is 0 Å². The standard InChI is InChI=1S/C16H24O2/c1-15(2,3)14(17)11-12-8-7-9-13(10-12)18-16(4,5)6/h7-10H,11H2,1-6H3. The molecule has 0 saturated carbocycles. The molecular formula is C16H24O2. The molecule has 0 aliphatic heterocycles. The Morgan fingerprint density at radius 2 is 1.72 bits per heavy atom. The maximum Gasteiger partial charge on any atom is 0.142 e. The van der Waals surface area contributed by atoms with E-state index in [0.717, 1.165) is 11.3 Å². The highest BCUT2D eigenvalue weighted by molar-refractivity contribution is 5.85. The van der Waals surface area contributed by atoms with Gasteiger partial charge in [-0.15, -0.1) is 0 Å². The maximum atomic E-state index is 12.0. The first-order valence-corrected chi connectivity index (χ1v) is 6.39. The van der Waals surface area contributed by atoms with E-state index in [1.54, 1.807) is 0 Å². The van der Waals surface area contributed by atoms with Crippen LogP contribution in [0.25, 0.3) is 0 Å². The molecule has 0 radical (unpaired) electrons. The van der Waals surface area contributed by atoms with E-state index in [1.807, 2.05) is 65.8 Å². The second kappa shape index (κ2) is 5.13. The van der Waals surface area contributed by atoms with E-state index in [4.69, 9.17) is 4.74 Å². The molecule has 0 aliphatic rings. The van der Waals surface area contributed by atoms with Crippen molar-refractivity contribution in [1.29, 1.82) is 0 Å². The summed E-state index contributed by atoms with van der Waals surface area (Å²) in [6.07, 6.45) is 0.463. The van der Waals surface area contributed by atoms with Crippen molar-refractivity contribution in [3.05, 3.63) is 29.8 Å². The molecule has 0 saturated heterocycles. The van der Waals surface area contributed by atoms with E-state index in [9.17, 15) is 4.79 Å². The summed E-state index contributed by atoms with van der Waals surface area (Å²) in [5, 5.41) is 0. The first-order valence-electron chi connectivity index (χ1n) is 6.39. The number of hydrogen-bond acceptors (Lipinski definition) is 2. The number of hydrogen-bond donors (Lipinski definition) is 0. The van der Waals surface area contributed by atoms with E-state index in [0.29, 0.717) is 6.42 Å². The molecule has 1 aromatic rings. The van der Waals surface area contributed by atoms with Crippen molar-refractivity contribution in [2.24, 2.45) is 5.41 Å². The predicted molar refractivity (Wildman–Crippen MR) is 75.0 cm³/mol. The number of ether oxygens (including phenoxy) is 1. The Hall–Kier alpha value is -1.31. The summed E-state index contributed by atoms with van der Waals surface area (Å²) >= 11 is 0. The van der Waals surface area contributed by atoms with Gasteiger partial charge in [-0.3, -0.25) is 4.79 Å². The lowest BCUT2D eigenvalue weighted by atomic mass is 9.87.